The first-order valence-electron chi connectivity index (χ1n) is 17.5. The molecule has 2 bridgehead atoms. The monoisotopic (exact) mass is 648 g/mol. The first-order valence-corrected chi connectivity index (χ1v) is 17.5. The highest BCUT2D eigenvalue weighted by Gasteiger charge is 2.58. The number of alkyl halides is 3. The van der Waals surface area contributed by atoms with E-state index in [0.29, 0.717) is 24.4 Å². The number of aliphatic hydroxyl groups is 1. The van der Waals surface area contributed by atoms with Gasteiger partial charge in [-0.05, 0) is 96.0 Å². The van der Waals surface area contributed by atoms with Crippen LogP contribution in [0.15, 0.2) is 30.3 Å². The molecule has 4 saturated heterocycles. The first kappa shape index (κ1) is 33.5. The Labute approximate surface area is 271 Å². The molecular weight excluding hydrogens is 597 g/mol. The van der Waals surface area contributed by atoms with Gasteiger partial charge in [-0.25, -0.2) is 4.79 Å². The summed E-state index contributed by atoms with van der Waals surface area (Å²) < 4.78 is 45.6. The summed E-state index contributed by atoms with van der Waals surface area (Å²) >= 11 is 0. The molecule has 1 saturated carbocycles. The van der Waals surface area contributed by atoms with Crippen LogP contribution < -0.4 is 5.32 Å². The molecule has 0 aromatic heterocycles. The van der Waals surface area contributed by atoms with Crippen LogP contribution in [-0.4, -0.2) is 100 Å². The van der Waals surface area contributed by atoms with Crippen molar-refractivity contribution in [2.75, 3.05) is 32.8 Å². The minimum absolute atomic E-state index is 0.0122. The standard InChI is InChI=1S/C35H51F3N4O4/c1-24(2)42-32(44)40(22-25-13-18-46-19-14-25)23-33(42)20-28-8-9-29(21-33)41(28)17-12-30(26-6-4-3-5-7-26)39-31(43)27-10-15-34(45,16-11-27)35(36,37)38/h3-7,24-25,27-30,45H,8-23H2,1-2H3,(H,39,43)/t27?,28?,29?,30-,33?,34?/m0/s1. The molecule has 46 heavy (non-hydrogen) atoms. The molecule has 0 radical (unpaired) electrons. The summed E-state index contributed by atoms with van der Waals surface area (Å²) in [6.07, 6.45) is 1.23. The molecule has 1 aliphatic carbocycles. The molecule has 2 N–H and O–H groups in total. The zero-order valence-corrected chi connectivity index (χ0v) is 27.3. The van der Waals surface area contributed by atoms with Gasteiger partial charge in [0.2, 0.25) is 5.91 Å². The maximum Gasteiger partial charge on any atom is 0.417 e. The SMILES string of the molecule is CC(C)N1C(=O)N(CC2CCOCC2)CC12CC1CCC(C2)N1CC[C@H](NC(=O)C1CCC(O)(C(F)(F)F)CC1)c1ccccc1. The van der Waals surface area contributed by atoms with Crippen molar-refractivity contribution in [2.24, 2.45) is 11.8 Å². The van der Waals surface area contributed by atoms with E-state index in [1.807, 2.05) is 30.3 Å². The van der Waals surface area contributed by atoms with Crippen molar-refractivity contribution in [3.63, 3.8) is 0 Å². The number of hydrogen-bond donors (Lipinski definition) is 2. The smallest absolute Gasteiger partial charge is 0.381 e. The van der Waals surface area contributed by atoms with E-state index in [1.165, 1.54) is 0 Å². The summed E-state index contributed by atoms with van der Waals surface area (Å²) in [5, 5.41) is 13.3. The van der Waals surface area contributed by atoms with E-state index in [0.717, 1.165) is 76.9 Å². The topological polar surface area (TPSA) is 85.4 Å². The highest BCUT2D eigenvalue weighted by molar-refractivity contribution is 5.79. The van der Waals surface area contributed by atoms with Gasteiger partial charge in [0.25, 0.3) is 0 Å². The van der Waals surface area contributed by atoms with E-state index >= 15 is 0 Å². The molecule has 5 fully saturated rings. The first-order chi connectivity index (χ1) is 21.9. The maximum absolute atomic E-state index is 13.8. The third-order valence-electron chi connectivity index (χ3n) is 11.7. The molecule has 256 valence electrons. The second-order valence-corrected chi connectivity index (χ2v) is 15.0. The molecule has 3 amide bonds. The molecule has 4 aliphatic heterocycles. The van der Waals surface area contributed by atoms with Crippen molar-refractivity contribution in [3.8, 4) is 0 Å². The summed E-state index contributed by atoms with van der Waals surface area (Å²) in [4.78, 5) is 34.1. The fourth-order valence-electron chi connectivity index (χ4n) is 9.33. The molecule has 5 aliphatic rings. The van der Waals surface area contributed by atoms with Crippen LogP contribution in [0.3, 0.4) is 0 Å². The van der Waals surface area contributed by atoms with Crippen molar-refractivity contribution in [1.29, 1.82) is 0 Å². The van der Waals surface area contributed by atoms with Gasteiger partial charge in [0.05, 0.1) is 11.6 Å². The van der Waals surface area contributed by atoms with Gasteiger partial charge in [-0.15, -0.1) is 0 Å². The lowest BCUT2D eigenvalue weighted by molar-refractivity contribution is -0.271. The summed E-state index contributed by atoms with van der Waals surface area (Å²) in [6.45, 7) is 8.21. The highest BCUT2D eigenvalue weighted by atomic mass is 19.4. The molecule has 1 spiro atoms. The fourth-order valence-corrected chi connectivity index (χ4v) is 9.33. The van der Waals surface area contributed by atoms with E-state index in [1.54, 1.807) is 0 Å². The number of hydrogen-bond acceptors (Lipinski definition) is 5. The van der Waals surface area contributed by atoms with Crippen molar-refractivity contribution in [1.82, 2.24) is 20.0 Å². The number of piperidine rings is 1. The van der Waals surface area contributed by atoms with Gasteiger partial charge in [-0.1, -0.05) is 30.3 Å². The number of nitrogens with zero attached hydrogens (tertiary/aromatic N) is 3. The third kappa shape index (κ3) is 6.65. The van der Waals surface area contributed by atoms with Gasteiger partial charge in [-0.3, -0.25) is 9.69 Å². The van der Waals surface area contributed by atoms with Crippen LogP contribution in [0.25, 0.3) is 0 Å². The quantitative estimate of drug-likeness (QED) is 0.362. The summed E-state index contributed by atoms with van der Waals surface area (Å²) in [6, 6.07) is 10.6. The molecular formula is C35H51F3N4O4. The van der Waals surface area contributed by atoms with E-state index in [2.05, 4.69) is 33.9 Å². The van der Waals surface area contributed by atoms with Gasteiger partial charge >= 0.3 is 12.2 Å². The van der Waals surface area contributed by atoms with Crippen molar-refractivity contribution >= 4 is 11.9 Å². The van der Waals surface area contributed by atoms with E-state index in [-0.39, 0.29) is 42.4 Å². The zero-order valence-electron chi connectivity index (χ0n) is 27.3. The molecule has 2 unspecified atom stereocenters. The van der Waals surface area contributed by atoms with Crippen LogP contribution in [0.1, 0.15) is 96.1 Å². The number of rotatable bonds is 9. The van der Waals surface area contributed by atoms with Crippen LogP contribution in [0, 0.1) is 11.8 Å². The number of benzene rings is 1. The Hall–Kier alpha value is -2.37. The molecule has 8 nitrogen and oxygen atoms in total. The zero-order chi connectivity index (χ0) is 32.7. The lowest BCUT2D eigenvalue weighted by Gasteiger charge is -2.49. The van der Waals surface area contributed by atoms with Crippen LogP contribution in [-0.2, 0) is 9.53 Å². The van der Waals surface area contributed by atoms with Gasteiger partial charge in [0, 0.05) is 56.9 Å². The minimum Gasteiger partial charge on any atom is -0.381 e. The number of halogens is 3. The summed E-state index contributed by atoms with van der Waals surface area (Å²) in [5.74, 6) is -0.292. The lowest BCUT2D eigenvalue weighted by Crippen LogP contribution is -2.60. The number of nitrogens with one attached hydrogen (secondary N) is 1. The Kier molecular flexibility index (Phi) is 9.67. The van der Waals surface area contributed by atoms with E-state index in [4.69, 9.17) is 4.74 Å². The number of ether oxygens (including phenoxy) is 1. The predicted octanol–water partition coefficient (Wildman–Crippen LogP) is 5.66. The summed E-state index contributed by atoms with van der Waals surface area (Å²) in [5.41, 5.74) is -1.88. The molecule has 11 heteroatoms. The number of amides is 3. The molecule has 4 heterocycles. The fraction of sp³-hybridized carbons (Fsp3) is 0.771. The second-order valence-electron chi connectivity index (χ2n) is 15.0. The Morgan fingerprint density at radius 1 is 1.02 bits per heavy atom. The van der Waals surface area contributed by atoms with Crippen LogP contribution in [0.2, 0.25) is 0 Å². The third-order valence-corrected chi connectivity index (χ3v) is 11.7. The minimum atomic E-state index is -4.69. The van der Waals surface area contributed by atoms with Crippen molar-refractivity contribution < 1.29 is 32.6 Å². The second kappa shape index (κ2) is 13.3. The van der Waals surface area contributed by atoms with Crippen molar-refractivity contribution in [2.45, 2.75) is 126 Å². The van der Waals surface area contributed by atoms with Gasteiger partial charge < -0.3 is 25.0 Å². The lowest BCUT2D eigenvalue weighted by atomic mass is 9.78. The summed E-state index contributed by atoms with van der Waals surface area (Å²) in [7, 11) is 0. The van der Waals surface area contributed by atoms with Gasteiger partial charge in [0.15, 0.2) is 5.60 Å². The van der Waals surface area contributed by atoms with Gasteiger partial charge in [0.1, 0.15) is 0 Å². The normalized spacial score (nSPS) is 33.3. The maximum atomic E-state index is 13.8. The number of fused-ring (bicyclic) bond motifs is 2. The van der Waals surface area contributed by atoms with E-state index < -0.39 is 30.5 Å². The molecule has 1 aromatic carbocycles. The number of carbonyl (C=O) groups excluding carboxylic acids is 2. The highest BCUT2D eigenvalue weighted by Crippen LogP contribution is 2.48. The van der Waals surface area contributed by atoms with Crippen LogP contribution in [0.4, 0.5) is 18.0 Å². The Morgan fingerprint density at radius 2 is 1.65 bits per heavy atom. The molecule has 3 atom stereocenters. The predicted molar refractivity (Wildman–Crippen MR) is 168 cm³/mol. The number of carbonyl (C=O) groups is 2. The number of urea groups is 1. The molecule has 1 aromatic rings. The Bertz CT molecular complexity index is 1200. The van der Waals surface area contributed by atoms with Crippen LogP contribution in [0.5, 0.6) is 0 Å². The average Bonchev–Trinajstić information content (AvgIpc) is 3.43. The largest absolute Gasteiger partial charge is 0.417 e. The average molecular weight is 649 g/mol. The Morgan fingerprint density at radius 3 is 2.24 bits per heavy atom. The Balaban J connectivity index is 1.10. The molecule has 6 rings (SSSR count). The van der Waals surface area contributed by atoms with E-state index in [9.17, 15) is 27.9 Å². The van der Waals surface area contributed by atoms with Crippen molar-refractivity contribution in [3.05, 3.63) is 35.9 Å². The van der Waals surface area contributed by atoms with Gasteiger partial charge in [-0.2, -0.15) is 13.2 Å². The van der Waals surface area contributed by atoms with Crippen LogP contribution >= 0.6 is 0 Å².